The number of nitrogens with one attached hydrogen (secondary N) is 3. The van der Waals surface area contributed by atoms with E-state index in [0.717, 1.165) is 19.4 Å². The van der Waals surface area contributed by atoms with Crippen molar-refractivity contribution in [3.63, 3.8) is 0 Å². The first-order valence-corrected chi connectivity index (χ1v) is 15.6. The highest BCUT2D eigenvalue weighted by molar-refractivity contribution is 6.16. The van der Waals surface area contributed by atoms with E-state index in [4.69, 9.17) is 0 Å². The van der Waals surface area contributed by atoms with Gasteiger partial charge in [0.15, 0.2) is 6.29 Å². The highest BCUT2D eigenvalue weighted by Crippen LogP contribution is 2.21. The van der Waals surface area contributed by atoms with Crippen LogP contribution in [0.15, 0.2) is 80.1 Å². The van der Waals surface area contributed by atoms with Crippen molar-refractivity contribution in [1.29, 1.82) is 0 Å². The number of anilines is 3. The third-order valence-corrected chi connectivity index (χ3v) is 5.89. The van der Waals surface area contributed by atoms with Gasteiger partial charge in [0.25, 0.3) is 0 Å². The lowest BCUT2D eigenvalue weighted by Gasteiger charge is -2.13. The summed E-state index contributed by atoms with van der Waals surface area (Å²) in [6.07, 6.45) is 7.13. The van der Waals surface area contributed by atoms with Gasteiger partial charge in [-0.2, -0.15) is 20.4 Å². The smallest absolute Gasteiger partial charge is 0.343 e. The molecule has 0 aliphatic rings. The standard InChI is InChI=1S/C13H17FN4O2.C12H15FN4O2.C10H9FN2O3.HI/c1-18(2,3)16-9-8-15-17-11-7-5-6-10(14)12(11)13(19)20-4;1-17(2)15-8-7-14-16-10-6-4-5-9(13)11(10)12(18)19-3;1-16-10(15)9-7(11)3-2-4-8(9)13-12-5-6-14;/h5-9H,1-4H3;4-8,16H,1-3H3;2-6,13H,1H3;1H/b;14-7+,15-8+;12-5+;. The lowest BCUT2D eigenvalue weighted by molar-refractivity contribution is -0.876. The van der Waals surface area contributed by atoms with Gasteiger partial charge in [-0.3, -0.25) is 21.1 Å². The van der Waals surface area contributed by atoms with E-state index in [1.54, 1.807) is 19.1 Å². The van der Waals surface area contributed by atoms with Crippen LogP contribution in [0.1, 0.15) is 31.1 Å². The Hall–Kier alpha value is -6.23. The molecule has 0 radical (unpaired) electrons. The van der Waals surface area contributed by atoms with Gasteiger partial charge in [-0.1, -0.05) is 23.3 Å². The molecule has 0 fully saturated rings. The fourth-order valence-electron chi connectivity index (χ4n) is 3.59. The Balaban J connectivity index is 0.000000808. The summed E-state index contributed by atoms with van der Waals surface area (Å²) in [5.74, 6) is -4.41. The van der Waals surface area contributed by atoms with Crippen molar-refractivity contribution in [3.05, 3.63) is 88.7 Å². The fraction of sp³-hybridized carbons (Fsp3) is 0.229. The number of rotatable bonds is 14. The van der Waals surface area contributed by atoms with E-state index in [-0.39, 0.29) is 57.7 Å². The van der Waals surface area contributed by atoms with Crippen LogP contribution in [0, 0.1) is 17.5 Å². The molecule has 17 nitrogen and oxygen atoms in total. The Morgan fingerprint density at radius 1 is 0.607 bits per heavy atom. The first kappa shape index (κ1) is 49.8. The van der Waals surface area contributed by atoms with E-state index in [1.807, 2.05) is 21.1 Å². The van der Waals surface area contributed by atoms with Crippen LogP contribution in [0.25, 0.3) is 0 Å². The molecule has 3 N–H and O–H groups in total. The molecule has 0 unspecified atom stereocenters. The second-order valence-corrected chi connectivity index (χ2v) is 11.1. The molecule has 0 saturated carbocycles. The zero-order chi connectivity index (χ0) is 41.4. The predicted octanol–water partition coefficient (Wildman–Crippen LogP) is 1.47. The molecule has 0 saturated heterocycles. The normalized spacial score (nSPS) is 10.9. The lowest BCUT2D eigenvalue weighted by Crippen LogP contribution is -3.00. The number of aldehydes is 1. The molecule has 0 aliphatic heterocycles. The van der Waals surface area contributed by atoms with E-state index in [9.17, 15) is 32.3 Å². The summed E-state index contributed by atoms with van der Waals surface area (Å²) < 4.78 is 54.3. The Labute approximate surface area is 338 Å². The predicted molar refractivity (Wildman–Crippen MR) is 204 cm³/mol. The molecule has 0 amide bonds. The molecule has 56 heavy (non-hydrogen) atoms. The van der Waals surface area contributed by atoms with Gasteiger partial charge in [0.2, 0.25) is 0 Å². The first-order valence-electron chi connectivity index (χ1n) is 15.6. The molecule has 302 valence electrons. The van der Waals surface area contributed by atoms with Crippen LogP contribution in [-0.4, -0.2) is 121 Å². The van der Waals surface area contributed by atoms with Gasteiger partial charge in [-0.25, -0.2) is 32.1 Å². The Morgan fingerprint density at radius 2 is 0.946 bits per heavy atom. The van der Waals surface area contributed by atoms with Crippen LogP contribution in [-0.2, 0) is 19.0 Å². The number of ether oxygens (including phenoxy) is 3. The molecule has 0 spiro atoms. The average molecular weight is 899 g/mol. The molecular formula is C35H42F3IN10O7. The van der Waals surface area contributed by atoms with E-state index in [0.29, 0.717) is 10.9 Å². The minimum absolute atomic E-state index is 0. The highest BCUT2D eigenvalue weighted by Gasteiger charge is 2.18. The van der Waals surface area contributed by atoms with Crippen LogP contribution >= 0.6 is 0 Å². The summed E-state index contributed by atoms with van der Waals surface area (Å²) in [5, 5.41) is 20.8. The maximum Gasteiger partial charge on any atom is 0.343 e. The zero-order valence-corrected chi connectivity index (χ0v) is 33.8. The van der Waals surface area contributed by atoms with Crippen molar-refractivity contribution in [2.24, 2.45) is 25.5 Å². The number of hydrazone groups is 4. The maximum absolute atomic E-state index is 13.6. The van der Waals surface area contributed by atoms with Crippen molar-refractivity contribution < 1.29 is 75.1 Å². The number of methoxy groups -OCH3 is 3. The van der Waals surface area contributed by atoms with Gasteiger partial charge in [0, 0.05) is 14.1 Å². The number of hydrogen-bond donors (Lipinski definition) is 3. The average Bonchev–Trinajstić information content (AvgIpc) is 3.14. The van der Waals surface area contributed by atoms with Gasteiger partial charge in [0.1, 0.15) is 40.4 Å². The lowest BCUT2D eigenvalue weighted by atomic mass is 10.1. The van der Waals surface area contributed by atoms with Gasteiger partial charge >= 0.3 is 17.9 Å². The molecular weight excluding hydrogens is 856 g/mol. The van der Waals surface area contributed by atoms with Crippen LogP contribution in [0.5, 0.6) is 0 Å². The second-order valence-electron chi connectivity index (χ2n) is 11.1. The molecule has 0 aliphatic carbocycles. The van der Waals surface area contributed by atoms with E-state index < -0.39 is 35.4 Å². The number of quaternary nitrogens is 1. The largest absolute Gasteiger partial charge is 1.00 e. The van der Waals surface area contributed by atoms with Crippen LogP contribution in [0.4, 0.5) is 30.2 Å². The van der Waals surface area contributed by atoms with E-state index >= 15 is 0 Å². The molecule has 0 heterocycles. The SMILES string of the molecule is COC(=O)c1c(F)cccc1N/N=C/C=N/N(C)C.COC(=O)c1c(F)cccc1N/N=C/C=N/[N+](C)(C)C.COC(=O)c1c(F)cccc1N/N=C/C=O.[I-]. The molecule has 0 bridgehead atoms. The van der Waals surface area contributed by atoms with Crippen molar-refractivity contribution in [2.75, 3.05) is 72.8 Å². The zero-order valence-electron chi connectivity index (χ0n) is 31.7. The number of carbonyl (C=O) groups excluding carboxylic acids is 4. The minimum atomic E-state index is -0.818. The highest BCUT2D eigenvalue weighted by atomic mass is 127. The number of benzene rings is 3. The van der Waals surface area contributed by atoms with Crippen LogP contribution < -0.4 is 40.3 Å². The summed E-state index contributed by atoms with van der Waals surface area (Å²) in [7, 11) is 12.7. The van der Waals surface area contributed by atoms with Crippen molar-refractivity contribution in [1.82, 2.24) is 5.01 Å². The summed E-state index contributed by atoms with van der Waals surface area (Å²) >= 11 is 0. The molecule has 3 aromatic rings. The molecule has 3 aromatic carbocycles. The third kappa shape index (κ3) is 18.2. The van der Waals surface area contributed by atoms with Crippen molar-refractivity contribution in [3.8, 4) is 0 Å². The third-order valence-electron chi connectivity index (χ3n) is 5.89. The van der Waals surface area contributed by atoms with Crippen molar-refractivity contribution in [2.45, 2.75) is 0 Å². The Kier molecular flexibility index (Phi) is 23.6. The van der Waals surface area contributed by atoms with Gasteiger partial charge < -0.3 is 43.2 Å². The summed E-state index contributed by atoms with van der Waals surface area (Å²) in [4.78, 5) is 44.2. The minimum Gasteiger partial charge on any atom is -1.00 e. The van der Waals surface area contributed by atoms with Crippen molar-refractivity contribution >= 4 is 72.3 Å². The van der Waals surface area contributed by atoms with E-state index in [2.05, 4.69) is 56.0 Å². The number of esters is 3. The van der Waals surface area contributed by atoms with Gasteiger partial charge in [-0.15, -0.1) is 0 Å². The fourth-order valence-corrected chi connectivity index (χ4v) is 3.59. The summed E-state index contributed by atoms with van der Waals surface area (Å²) in [6.45, 7) is 0. The topological polar surface area (TPSA) is 197 Å². The number of halogens is 4. The molecule has 3 rings (SSSR count). The Bertz CT molecular complexity index is 1900. The number of nitrogens with zero attached hydrogens (tertiary/aromatic N) is 7. The quantitative estimate of drug-likeness (QED) is 0.0403. The molecule has 21 heteroatoms. The van der Waals surface area contributed by atoms with E-state index in [1.165, 1.54) is 87.6 Å². The van der Waals surface area contributed by atoms with Gasteiger partial charge in [0.05, 0.1) is 84.4 Å². The van der Waals surface area contributed by atoms with Crippen LogP contribution in [0.3, 0.4) is 0 Å². The monoisotopic (exact) mass is 898 g/mol. The number of carbonyl (C=O) groups is 4. The second kappa shape index (κ2) is 26.5. The Morgan fingerprint density at radius 3 is 1.25 bits per heavy atom. The molecule has 0 atom stereocenters. The maximum atomic E-state index is 13.6. The van der Waals surface area contributed by atoms with Gasteiger partial charge in [-0.05, 0) is 36.4 Å². The first-order chi connectivity index (χ1) is 26.1. The summed E-state index contributed by atoms with van der Waals surface area (Å²) in [5.41, 5.74) is 7.47. The molecule has 0 aromatic heterocycles. The van der Waals surface area contributed by atoms with Crippen LogP contribution in [0.2, 0.25) is 0 Å². The number of hydrogen-bond acceptors (Lipinski definition) is 16. The summed E-state index contributed by atoms with van der Waals surface area (Å²) in [6, 6.07) is 12.3.